The highest BCUT2D eigenvalue weighted by Gasteiger charge is 2.44. The second-order valence-electron chi connectivity index (χ2n) is 5.21. The van der Waals surface area contributed by atoms with Crippen molar-refractivity contribution in [1.82, 2.24) is 10.1 Å². The first-order valence-corrected chi connectivity index (χ1v) is 6.46. The number of rotatable bonds is 5. The smallest absolute Gasteiger partial charge is 0.329 e. The monoisotopic (exact) mass is 282 g/mol. The number of carboxylic acids is 1. The van der Waals surface area contributed by atoms with Crippen LogP contribution in [0, 0.1) is 6.92 Å². The Balaban J connectivity index is 2.00. The van der Waals surface area contributed by atoms with Gasteiger partial charge in [0.25, 0.3) is 5.91 Å². The van der Waals surface area contributed by atoms with Crippen LogP contribution in [0.25, 0.3) is 0 Å². The van der Waals surface area contributed by atoms with E-state index in [0.29, 0.717) is 36.5 Å². The Hall–Kier alpha value is -1.89. The van der Waals surface area contributed by atoms with E-state index < -0.39 is 11.6 Å². The van der Waals surface area contributed by atoms with E-state index in [-0.39, 0.29) is 12.5 Å². The Bertz CT molecular complexity index is 531. The minimum atomic E-state index is -1.01. The van der Waals surface area contributed by atoms with Gasteiger partial charge in [-0.05, 0) is 20.3 Å². The predicted octanol–water partition coefficient (Wildman–Crippen LogP) is 0.861. The predicted molar refractivity (Wildman–Crippen MR) is 68.5 cm³/mol. The number of carbonyl (C=O) groups excluding carboxylic acids is 1. The molecule has 1 fully saturated rings. The Morgan fingerprint density at radius 1 is 1.50 bits per heavy atom. The fraction of sp³-hybridized carbons (Fsp3) is 0.615. The van der Waals surface area contributed by atoms with E-state index in [4.69, 9.17) is 14.4 Å². The van der Waals surface area contributed by atoms with E-state index in [1.54, 1.807) is 18.7 Å². The van der Waals surface area contributed by atoms with Crippen LogP contribution < -0.4 is 0 Å². The van der Waals surface area contributed by atoms with Crippen molar-refractivity contribution in [2.24, 2.45) is 0 Å². The molecule has 1 N–H and O–H groups in total. The Morgan fingerprint density at radius 3 is 2.70 bits per heavy atom. The van der Waals surface area contributed by atoms with Gasteiger partial charge in [0.15, 0.2) is 0 Å². The molecule has 0 saturated carbocycles. The van der Waals surface area contributed by atoms with Gasteiger partial charge in [-0.25, -0.2) is 4.79 Å². The molecule has 20 heavy (non-hydrogen) atoms. The van der Waals surface area contributed by atoms with Crippen LogP contribution in [0.3, 0.4) is 0 Å². The van der Waals surface area contributed by atoms with Crippen molar-refractivity contribution in [2.45, 2.75) is 32.8 Å². The molecule has 0 unspecified atom stereocenters. The zero-order chi connectivity index (χ0) is 14.9. The molecule has 0 aliphatic carbocycles. The molecule has 0 spiro atoms. The fourth-order valence-electron chi connectivity index (χ4n) is 2.32. The van der Waals surface area contributed by atoms with E-state index in [2.05, 4.69) is 5.16 Å². The van der Waals surface area contributed by atoms with Crippen LogP contribution in [-0.2, 0) is 16.0 Å². The number of ether oxygens (including phenoxy) is 1. The summed E-state index contributed by atoms with van der Waals surface area (Å²) in [7, 11) is 0. The number of carbonyl (C=O) groups is 2. The second kappa shape index (κ2) is 5.24. The highest BCUT2D eigenvalue weighted by molar-refractivity contribution is 5.96. The third kappa shape index (κ3) is 2.67. The van der Waals surface area contributed by atoms with Crippen molar-refractivity contribution < 1.29 is 24.0 Å². The van der Waals surface area contributed by atoms with E-state index in [1.807, 2.05) is 6.92 Å². The van der Waals surface area contributed by atoms with Gasteiger partial charge in [-0.15, -0.1) is 0 Å². The standard InChI is InChI=1S/C13H18N2O5/c1-4-9-11(8(2)20-14-9)12(18)15-6-13(3,7-15)19-5-10(16)17/h4-7H2,1-3H3,(H,16,17). The lowest BCUT2D eigenvalue weighted by Gasteiger charge is -2.47. The summed E-state index contributed by atoms with van der Waals surface area (Å²) < 4.78 is 10.3. The molecule has 7 nitrogen and oxygen atoms in total. The fourth-order valence-corrected chi connectivity index (χ4v) is 2.32. The topological polar surface area (TPSA) is 92.9 Å². The molecule has 110 valence electrons. The zero-order valence-corrected chi connectivity index (χ0v) is 11.8. The molecule has 0 atom stereocenters. The van der Waals surface area contributed by atoms with Gasteiger partial charge in [-0.2, -0.15) is 0 Å². The van der Waals surface area contributed by atoms with Crippen LogP contribution in [0.2, 0.25) is 0 Å². The van der Waals surface area contributed by atoms with Crippen LogP contribution in [0.15, 0.2) is 4.52 Å². The summed E-state index contributed by atoms with van der Waals surface area (Å²) in [4.78, 5) is 24.5. The minimum absolute atomic E-state index is 0.142. The molecule has 7 heteroatoms. The van der Waals surface area contributed by atoms with Crippen LogP contribution in [0.5, 0.6) is 0 Å². The maximum atomic E-state index is 12.4. The SMILES string of the molecule is CCc1noc(C)c1C(=O)N1CC(C)(OCC(=O)O)C1. The molecule has 1 aromatic rings. The van der Waals surface area contributed by atoms with Gasteiger partial charge >= 0.3 is 5.97 Å². The lowest BCUT2D eigenvalue weighted by Crippen LogP contribution is -2.63. The molecular formula is C13H18N2O5. The summed E-state index contributed by atoms with van der Waals surface area (Å²) in [5, 5.41) is 12.5. The first-order valence-electron chi connectivity index (χ1n) is 6.46. The quantitative estimate of drug-likeness (QED) is 0.861. The first-order chi connectivity index (χ1) is 9.36. The van der Waals surface area contributed by atoms with Crippen molar-refractivity contribution in [3.63, 3.8) is 0 Å². The maximum absolute atomic E-state index is 12.4. The van der Waals surface area contributed by atoms with Crippen LogP contribution >= 0.6 is 0 Å². The van der Waals surface area contributed by atoms with Crippen molar-refractivity contribution in [2.75, 3.05) is 19.7 Å². The third-order valence-corrected chi connectivity index (χ3v) is 3.36. The molecule has 0 radical (unpaired) electrons. The minimum Gasteiger partial charge on any atom is -0.480 e. The molecule has 1 aliphatic rings. The summed E-state index contributed by atoms with van der Waals surface area (Å²) in [5.41, 5.74) is 0.561. The number of likely N-dealkylation sites (tertiary alicyclic amines) is 1. The molecule has 1 saturated heterocycles. The largest absolute Gasteiger partial charge is 0.480 e. The highest BCUT2D eigenvalue weighted by atomic mass is 16.5. The average molecular weight is 282 g/mol. The Morgan fingerprint density at radius 2 is 2.15 bits per heavy atom. The first kappa shape index (κ1) is 14.5. The van der Waals surface area contributed by atoms with Crippen LogP contribution in [0.4, 0.5) is 0 Å². The Kier molecular flexibility index (Phi) is 3.80. The normalized spacial score (nSPS) is 16.9. The Labute approximate surface area is 116 Å². The molecule has 2 heterocycles. The lowest BCUT2D eigenvalue weighted by molar-refractivity contribution is -0.159. The van der Waals surface area contributed by atoms with E-state index in [0.717, 1.165) is 0 Å². The molecule has 2 rings (SSSR count). The summed E-state index contributed by atoms with van der Waals surface area (Å²) in [6.07, 6.45) is 0.624. The van der Waals surface area contributed by atoms with Gasteiger partial charge < -0.3 is 19.3 Å². The van der Waals surface area contributed by atoms with Gasteiger partial charge in [0.05, 0.1) is 18.8 Å². The van der Waals surface area contributed by atoms with Gasteiger partial charge in [0, 0.05) is 0 Å². The number of aromatic nitrogens is 1. The summed E-state index contributed by atoms with van der Waals surface area (Å²) in [6, 6.07) is 0. The van der Waals surface area contributed by atoms with Crippen molar-refractivity contribution in [1.29, 1.82) is 0 Å². The van der Waals surface area contributed by atoms with E-state index in [1.165, 1.54) is 0 Å². The maximum Gasteiger partial charge on any atom is 0.329 e. The molecular weight excluding hydrogens is 264 g/mol. The van der Waals surface area contributed by atoms with Crippen LogP contribution in [-0.4, -0.2) is 52.3 Å². The summed E-state index contributed by atoms with van der Waals surface area (Å²) in [6.45, 7) is 5.79. The number of aryl methyl sites for hydroxylation is 2. The average Bonchev–Trinajstić information content (AvgIpc) is 2.73. The van der Waals surface area contributed by atoms with Gasteiger partial charge in [0.1, 0.15) is 23.5 Å². The van der Waals surface area contributed by atoms with E-state index >= 15 is 0 Å². The molecule has 1 aromatic heterocycles. The number of amides is 1. The van der Waals surface area contributed by atoms with Gasteiger partial charge in [0.2, 0.25) is 0 Å². The number of aliphatic carboxylic acids is 1. The van der Waals surface area contributed by atoms with Gasteiger partial charge in [-0.3, -0.25) is 4.79 Å². The molecule has 1 aliphatic heterocycles. The second-order valence-corrected chi connectivity index (χ2v) is 5.21. The van der Waals surface area contributed by atoms with E-state index in [9.17, 15) is 9.59 Å². The van der Waals surface area contributed by atoms with Crippen molar-refractivity contribution in [3.8, 4) is 0 Å². The van der Waals surface area contributed by atoms with Gasteiger partial charge in [-0.1, -0.05) is 12.1 Å². The number of hydrogen-bond acceptors (Lipinski definition) is 5. The summed E-state index contributed by atoms with van der Waals surface area (Å²) in [5.74, 6) is -0.650. The molecule has 1 amide bonds. The third-order valence-electron chi connectivity index (χ3n) is 3.36. The highest BCUT2D eigenvalue weighted by Crippen LogP contribution is 2.28. The lowest BCUT2D eigenvalue weighted by atomic mass is 9.94. The summed E-state index contributed by atoms with van der Waals surface area (Å²) >= 11 is 0. The number of carboxylic acid groups (broad SMARTS) is 1. The molecule has 0 aromatic carbocycles. The number of nitrogens with zero attached hydrogens (tertiary/aromatic N) is 2. The molecule has 0 bridgehead atoms. The zero-order valence-electron chi connectivity index (χ0n) is 11.8. The van der Waals surface area contributed by atoms with Crippen molar-refractivity contribution >= 4 is 11.9 Å². The van der Waals surface area contributed by atoms with Crippen LogP contribution in [0.1, 0.15) is 35.7 Å². The number of hydrogen-bond donors (Lipinski definition) is 1. The van der Waals surface area contributed by atoms with Crippen molar-refractivity contribution in [3.05, 3.63) is 17.0 Å².